The molecule has 4 nitrogen and oxygen atoms in total. The van der Waals surface area contributed by atoms with Crippen LogP contribution in [0.1, 0.15) is 30.4 Å². The van der Waals surface area contributed by atoms with Crippen molar-refractivity contribution in [3.8, 4) is 5.75 Å². The third-order valence-electron chi connectivity index (χ3n) is 5.33. The summed E-state index contributed by atoms with van der Waals surface area (Å²) in [7, 11) is 1.67. The predicted octanol–water partition coefficient (Wildman–Crippen LogP) is 0.268. The highest BCUT2D eigenvalue weighted by Crippen LogP contribution is 2.38. The largest absolute Gasteiger partial charge is 1.00 e. The number of rotatable bonds is 3. The zero-order chi connectivity index (χ0) is 17.4. The molecule has 0 amide bonds. The summed E-state index contributed by atoms with van der Waals surface area (Å²) >= 11 is 0. The molecule has 2 heterocycles. The summed E-state index contributed by atoms with van der Waals surface area (Å²) in [5.74, 6) is 2.05. The van der Waals surface area contributed by atoms with Crippen molar-refractivity contribution in [3.63, 3.8) is 0 Å². The second kappa shape index (κ2) is 7.41. The molecule has 0 aromatic heterocycles. The maximum absolute atomic E-state index is 11.8. The number of hydrogen-bond donors (Lipinski definition) is 1. The lowest BCUT2D eigenvalue weighted by molar-refractivity contribution is -0.538. The molecule has 1 unspecified atom stereocenters. The standard InChI is InChI=1S/C21H25N2O2.BrH/c1-16-6-8-17(9-7-16)21(24)15-22-14-4-3-5-20(22)23(21)18-10-12-19(25-2)13-11-18;/h6-13,24H,3-5,14-15H2,1-2H3;1H/q+1;/p-1. The van der Waals surface area contributed by atoms with Crippen LogP contribution in [0, 0.1) is 6.92 Å². The summed E-state index contributed by atoms with van der Waals surface area (Å²) in [5, 5.41) is 11.8. The Kier molecular flexibility index (Phi) is 5.39. The van der Waals surface area contributed by atoms with E-state index in [-0.39, 0.29) is 17.0 Å². The van der Waals surface area contributed by atoms with Gasteiger partial charge < -0.3 is 26.8 Å². The molecular formula is C21H25BrN2O2. The topological polar surface area (TPSA) is 35.7 Å². The molecule has 5 heteroatoms. The van der Waals surface area contributed by atoms with Gasteiger partial charge >= 0.3 is 0 Å². The number of nitrogens with zero attached hydrogens (tertiary/aromatic N) is 2. The van der Waals surface area contributed by atoms with Crippen LogP contribution in [-0.2, 0) is 5.72 Å². The summed E-state index contributed by atoms with van der Waals surface area (Å²) in [4.78, 5) is 2.12. The maximum atomic E-state index is 11.8. The van der Waals surface area contributed by atoms with Crippen molar-refractivity contribution in [1.82, 2.24) is 0 Å². The van der Waals surface area contributed by atoms with Crippen LogP contribution in [0.3, 0.4) is 0 Å². The van der Waals surface area contributed by atoms with E-state index in [0.29, 0.717) is 6.54 Å². The van der Waals surface area contributed by atoms with E-state index >= 15 is 0 Å². The van der Waals surface area contributed by atoms with Gasteiger partial charge in [-0.2, -0.15) is 4.90 Å². The second-order valence-corrected chi connectivity index (χ2v) is 7.01. The first-order valence-electron chi connectivity index (χ1n) is 8.96. The summed E-state index contributed by atoms with van der Waals surface area (Å²) < 4.78 is 7.63. The third kappa shape index (κ3) is 3.14. The van der Waals surface area contributed by atoms with Gasteiger partial charge in [0.1, 0.15) is 11.4 Å². The number of halogens is 1. The second-order valence-electron chi connectivity index (χ2n) is 7.01. The Morgan fingerprint density at radius 3 is 2.38 bits per heavy atom. The Labute approximate surface area is 165 Å². The first-order chi connectivity index (χ1) is 12.1. The molecule has 0 saturated heterocycles. The van der Waals surface area contributed by atoms with Gasteiger partial charge in [-0.25, -0.2) is 0 Å². The highest BCUT2D eigenvalue weighted by molar-refractivity contribution is 5.97. The average Bonchev–Trinajstić information content (AvgIpc) is 2.95. The first kappa shape index (κ1) is 18.9. The zero-order valence-electron chi connectivity index (χ0n) is 15.3. The third-order valence-corrected chi connectivity index (χ3v) is 5.33. The molecule has 0 bridgehead atoms. The number of ether oxygens (including phenoxy) is 1. The molecule has 0 fully saturated rings. The molecule has 1 N–H and O–H groups in total. The van der Waals surface area contributed by atoms with Crippen molar-refractivity contribution >= 4 is 11.5 Å². The molecule has 0 aliphatic carbocycles. The van der Waals surface area contributed by atoms with Crippen LogP contribution >= 0.6 is 0 Å². The van der Waals surface area contributed by atoms with Gasteiger partial charge in [-0.15, -0.1) is 0 Å². The minimum absolute atomic E-state index is 0. The Hall–Kier alpha value is -1.85. The van der Waals surface area contributed by atoms with Crippen molar-refractivity contribution in [3.05, 3.63) is 59.7 Å². The first-order valence-corrected chi connectivity index (χ1v) is 8.96. The van der Waals surface area contributed by atoms with Crippen LogP contribution in [0.15, 0.2) is 48.5 Å². The zero-order valence-corrected chi connectivity index (χ0v) is 16.9. The highest BCUT2D eigenvalue weighted by atomic mass is 79.9. The summed E-state index contributed by atoms with van der Waals surface area (Å²) in [6, 6.07) is 16.2. The molecule has 2 aliphatic rings. The summed E-state index contributed by atoms with van der Waals surface area (Å²) in [5.41, 5.74) is 2.10. The quantitative estimate of drug-likeness (QED) is 0.729. The predicted molar refractivity (Wildman–Crippen MR) is 99.4 cm³/mol. The molecule has 26 heavy (non-hydrogen) atoms. The SMILES string of the molecule is COc1ccc(N2C3=[N+](CCCC3)CC2(O)c2ccc(C)cc2)cc1.[Br-]. The van der Waals surface area contributed by atoms with E-state index in [4.69, 9.17) is 4.74 Å². The van der Waals surface area contributed by atoms with Crippen molar-refractivity contribution in [2.75, 3.05) is 25.1 Å². The van der Waals surface area contributed by atoms with Crippen molar-refractivity contribution in [2.24, 2.45) is 0 Å². The number of aliphatic hydroxyl groups is 1. The molecular weight excluding hydrogens is 392 g/mol. The molecule has 2 aromatic carbocycles. The van der Waals surface area contributed by atoms with Gasteiger partial charge in [0.15, 0.2) is 6.54 Å². The van der Waals surface area contributed by atoms with Gasteiger partial charge in [-0.3, -0.25) is 4.58 Å². The number of amidine groups is 1. The summed E-state index contributed by atoms with van der Waals surface area (Å²) in [6.45, 7) is 3.69. The normalized spacial score (nSPS) is 22.0. The molecule has 4 rings (SSSR count). The van der Waals surface area contributed by atoms with Gasteiger partial charge in [-0.05, 0) is 44.0 Å². The molecule has 0 spiro atoms. The molecule has 2 aromatic rings. The van der Waals surface area contributed by atoms with E-state index in [0.717, 1.165) is 30.0 Å². The molecule has 138 valence electrons. The van der Waals surface area contributed by atoms with E-state index in [1.807, 2.05) is 36.4 Å². The van der Waals surface area contributed by atoms with Crippen LogP contribution in [0.25, 0.3) is 0 Å². The van der Waals surface area contributed by atoms with Gasteiger partial charge in [0, 0.05) is 12.0 Å². The van der Waals surface area contributed by atoms with Crippen LogP contribution < -0.4 is 26.6 Å². The number of methoxy groups -OCH3 is 1. The van der Waals surface area contributed by atoms with Crippen LogP contribution in [0.2, 0.25) is 0 Å². The van der Waals surface area contributed by atoms with Gasteiger partial charge in [0.25, 0.3) is 11.6 Å². The maximum Gasteiger partial charge on any atom is 0.275 e. The minimum Gasteiger partial charge on any atom is -1.00 e. The molecule has 0 radical (unpaired) electrons. The van der Waals surface area contributed by atoms with Crippen LogP contribution in [0.5, 0.6) is 5.75 Å². The fourth-order valence-electron chi connectivity index (χ4n) is 3.98. The highest BCUT2D eigenvalue weighted by Gasteiger charge is 2.54. The number of aryl methyl sites for hydroxylation is 1. The van der Waals surface area contributed by atoms with E-state index < -0.39 is 5.72 Å². The van der Waals surface area contributed by atoms with Gasteiger partial charge in [0.05, 0.1) is 13.7 Å². The minimum atomic E-state index is -1.04. The Morgan fingerprint density at radius 2 is 1.73 bits per heavy atom. The lowest BCUT2D eigenvalue weighted by atomic mass is 9.99. The Bertz CT molecular complexity index is 802. The van der Waals surface area contributed by atoms with Crippen molar-refractivity contribution in [2.45, 2.75) is 31.9 Å². The van der Waals surface area contributed by atoms with E-state index in [1.165, 1.54) is 24.2 Å². The van der Waals surface area contributed by atoms with Gasteiger partial charge in [0.2, 0.25) is 0 Å². The smallest absolute Gasteiger partial charge is 0.275 e. The molecule has 2 aliphatic heterocycles. The lowest BCUT2D eigenvalue weighted by Crippen LogP contribution is -3.00. The average molecular weight is 417 g/mol. The monoisotopic (exact) mass is 416 g/mol. The van der Waals surface area contributed by atoms with E-state index in [2.05, 4.69) is 28.5 Å². The molecule has 0 saturated carbocycles. The lowest BCUT2D eigenvalue weighted by Gasteiger charge is -2.29. The van der Waals surface area contributed by atoms with E-state index in [9.17, 15) is 5.11 Å². The van der Waals surface area contributed by atoms with Crippen LogP contribution in [0.4, 0.5) is 5.69 Å². The van der Waals surface area contributed by atoms with Gasteiger partial charge in [-0.1, -0.05) is 29.8 Å². The molecule has 1 atom stereocenters. The van der Waals surface area contributed by atoms with Crippen molar-refractivity contribution in [1.29, 1.82) is 0 Å². The van der Waals surface area contributed by atoms with Crippen molar-refractivity contribution < 1.29 is 31.4 Å². The Balaban J connectivity index is 0.00000196. The fraction of sp³-hybridized carbons (Fsp3) is 0.381. The number of benzene rings is 2. The number of hydrogen-bond acceptors (Lipinski definition) is 3. The fourth-order valence-corrected chi connectivity index (χ4v) is 3.98. The summed E-state index contributed by atoms with van der Waals surface area (Å²) in [6.07, 6.45) is 3.35. The number of anilines is 1. The Morgan fingerprint density at radius 1 is 1.04 bits per heavy atom. The van der Waals surface area contributed by atoms with Crippen LogP contribution in [-0.4, -0.2) is 35.7 Å². The van der Waals surface area contributed by atoms with E-state index in [1.54, 1.807) is 7.11 Å².